The molecule has 2 N–H and O–H groups in total. The fourth-order valence-electron chi connectivity index (χ4n) is 1.72. The van der Waals surface area contributed by atoms with Crippen LogP contribution in [0.4, 0.5) is 11.5 Å². The summed E-state index contributed by atoms with van der Waals surface area (Å²) in [6, 6.07) is 10.7. The third kappa shape index (κ3) is 3.47. The molecule has 1 aromatic carbocycles. The maximum atomic E-state index is 12.1. The Morgan fingerprint density at radius 2 is 2.15 bits per heavy atom. The van der Waals surface area contributed by atoms with Crippen molar-refractivity contribution in [3.63, 3.8) is 0 Å². The number of hydrogen-bond donors (Lipinski definition) is 2. The first-order chi connectivity index (χ1) is 9.72. The summed E-state index contributed by atoms with van der Waals surface area (Å²) in [6.45, 7) is 2.79. The van der Waals surface area contributed by atoms with Crippen molar-refractivity contribution >= 4 is 17.4 Å². The number of anilines is 2. The highest BCUT2D eigenvalue weighted by molar-refractivity contribution is 6.04. The van der Waals surface area contributed by atoms with Crippen LogP contribution in [0.15, 0.2) is 42.6 Å². The number of nitrogens with one attached hydrogen (secondary N) is 2. The zero-order valence-electron chi connectivity index (χ0n) is 11.5. The van der Waals surface area contributed by atoms with Gasteiger partial charge in [-0.05, 0) is 31.2 Å². The van der Waals surface area contributed by atoms with Crippen molar-refractivity contribution in [1.82, 2.24) is 4.98 Å². The molecule has 0 atom stereocenters. The number of carbonyl (C=O) groups excluding carboxylic acids is 1. The number of rotatable bonds is 5. The summed E-state index contributed by atoms with van der Waals surface area (Å²) >= 11 is 0. The van der Waals surface area contributed by atoms with Crippen LogP contribution in [-0.4, -0.2) is 24.5 Å². The number of amides is 1. The van der Waals surface area contributed by atoms with Gasteiger partial charge < -0.3 is 15.4 Å². The minimum absolute atomic E-state index is 0.200. The van der Waals surface area contributed by atoms with Gasteiger partial charge in [0, 0.05) is 24.5 Å². The van der Waals surface area contributed by atoms with Gasteiger partial charge in [-0.25, -0.2) is 4.98 Å². The van der Waals surface area contributed by atoms with Crippen LogP contribution in [0.25, 0.3) is 0 Å². The number of ether oxygens (including phenoxy) is 1. The zero-order chi connectivity index (χ0) is 14.4. The molecule has 1 amide bonds. The summed E-state index contributed by atoms with van der Waals surface area (Å²) < 4.78 is 5.11. The molecule has 2 aromatic rings. The van der Waals surface area contributed by atoms with E-state index < -0.39 is 0 Å². The molecule has 5 nitrogen and oxygen atoms in total. The Balaban J connectivity index is 2.07. The first-order valence-electron chi connectivity index (χ1n) is 6.38. The number of pyridine rings is 1. The van der Waals surface area contributed by atoms with Crippen molar-refractivity contribution in [1.29, 1.82) is 0 Å². The highest BCUT2D eigenvalue weighted by atomic mass is 16.5. The van der Waals surface area contributed by atoms with Gasteiger partial charge in [0.05, 0.1) is 12.7 Å². The topological polar surface area (TPSA) is 63.2 Å². The molecule has 2 rings (SSSR count). The van der Waals surface area contributed by atoms with Crippen LogP contribution in [0.5, 0.6) is 5.75 Å². The summed E-state index contributed by atoms with van der Waals surface area (Å²) in [6.07, 6.45) is 1.55. The van der Waals surface area contributed by atoms with E-state index in [1.807, 2.05) is 19.1 Å². The van der Waals surface area contributed by atoms with Crippen molar-refractivity contribution in [3.8, 4) is 5.75 Å². The number of carbonyl (C=O) groups is 1. The lowest BCUT2D eigenvalue weighted by molar-refractivity contribution is 0.102. The van der Waals surface area contributed by atoms with Gasteiger partial charge in [-0.1, -0.05) is 6.07 Å². The Kier molecular flexibility index (Phi) is 4.55. The number of aromatic nitrogens is 1. The molecule has 1 aromatic heterocycles. The molecule has 0 aliphatic rings. The smallest absolute Gasteiger partial charge is 0.257 e. The van der Waals surface area contributed by atoms with Crippen molar-refractivity contribution in [2.75, 3.05) is 24.3 Å². The average molecular weight is 271 g/mol. The first-order valence-corrected chi connectivity index (χ1v) is 6.38. The molecule has 1 heterocycles. The molecule has 0 aliphatic carbocycles. The molecule has 0 spiro atoms. The lowest BCUT2D eigenvalue weighted by atomic mass is 10.2. The van der Waals surface area contributed by atoms with Gasteiger partial charge in [0.25, 0.3) is 5.91 Å². The van der Waals surface area contributed by atoms with Crippen molar-refractivity contribution in [2.45, 2.75) is 6.92 Å². The highest BCUT2D eigenvalue weighted by Crippen LogP contribution is 2.17. The standard InChI is InChI=1S/C15H17N3O2/c1-3-16-14-8-7-11(10-17-14)15(19)18-12-5-4-6-13(9-12)20-2/h4-10H,3H2,1-2H3,(H,16,17)(H,18,19). The van der Waals surface area contributed by atoms with E-state index in [1.54, 1.807) is 37.6 Å². The van der Waals surface area contributed by atoms with Crippen LogP contribution in [0, 0.1) is 0 Å². The van der Waals surface area contributed by atoms with E-state index in [-0.39, 0.29) is 5.91 Å². The SMILES string of the molecule is CCNc1ccc(C(=O)Nc2cccc(OC)c2)cn1. The van der Waals surface area contributed by atoms with Gasteiger partial charge in [0.1, 0.15) is 11.6 Å². The summed E-state index contributed by atoms with van der Waals surface area (Å²) in [5.41, 5.74) is 1.19. The van der Waals surface area contributed by atoms with Gasteiger partial charge in [0.15, 0.2) is 0 Å². The van der Waals surface area contributed by atoms with E-state index in [0.29, 0.717) is 17.0 Å². The third-order valence-corrected chi connectivity index (χ3v) is 2.71. The Bertz CT molecular complexity index is 582. The third-order valence-electron chi connectivity index (χ3n) is 2.71. The van der Waals surface area contributed by atoms with Gasteiger partial charge >= 0.3 is 0 Å². The lowest BCUT2D eigenvalue weighted by Crippen LogP contribution is -2.12. The van der Waals surface area contributed by atoms with Crippen LogP contribution >= 0.6 is 0 Å². The maximum Gasteiger partial charge on any atom is 0.257 e. The number of benzene rings is 1. The molecule has 0 saturated carbocycles. The first kappa shape index (κ1) is 13.9. The van der Waals surface area contributed by atoms with Crippen molar-refractivity contribution in [2.24, 2.45) is 0 Å². The lowest BCUT2D eigenvalue weighted by Gasteiger charge is -2.07. The Labute approximate surface area is 118 Å². The molecule has 20 heavy (non-hydrogen) atoms. The molecular formula is C15H17N3O2. The van der Waals surface area contributed by atoms with E-state index in [9.17, 15) is 4.79 Å². The Morgan fingerprint density at radius 3 is 2.80 bits per heavy atom. The monoisotopic (exact) mass is 271 g/mol. The van der Waals surface area contributed by atoms with Crippen molar-refractivity contribution < 1.29 is 9.53 Å². The van der Waals surface area contributed by atoms with E-state index in [1.165, 1.54) is 0 Å². The molecule has 0 unspecified atom stereocenters. The van der Waals surface area contributed by atoms with Crippen LogP contribution in [0.1, 0.15) is 17.3 Å². The molecule has 0 aliphatic heterocycles. The van der Waals surface area contributed by atoms with E-state index >= 15 is 0 Å². The maximum absolute atomic E-state index is 12.1. The zero-order valence-corrected chi connectivity index (χ0v) is 11.5. The van der Waals surface area contributed by atoms with Gasteiger partial charge in [-0.15, -0.1) is 0 Å². The molecule has 0 radical (unpaired) electrons. The van der Waals surface area contributed by atoms with Gasteiger partial charge in [-0.3, -0.25) is 4.79 Å². The summed E-state index contributed by atoms with van der Waals surface area (Å²) in [5, 5.41) is 5.88. The highest BCUT2D eigenvalue weighted by Gasteiger charge is 2.07. The van der Waals surface area contributed by atoms with Crippen LogP contribution in [0.2, 0.25) is 0 Å². The predicted molar refractivity (Wildman–Crippen MR) is 79.3 cm³/mol. The molecule has 0 saturated heterocycles. The number of methoxy groups -OCH3 is 1. The molecule has 5 heteroatoms. The Morgan fingerprint density at radius 1 is 1.30 bits per heavy atom. The Hall–Kier alpha value is -2.56. The fourth-order valence-corrected chi connectivity index (χ4v) is 1.72. The number of hydrogen-bond acceptors (Lipinski definition) is 4. The number of nitrogens with zero attached hydrogens (tertiary/aromatic N) is 1. The second-order valence-electron chi connectivity index (χ2n) is 4.15. The van der Waals surface area contributed by atoms with E-state index in [2.05, 4.69) is 15.6 Å². The second-order valence-corrected chi connectivity index (χ2v) is 4.15. The quantitative estimate of drug-likeness (QED) is 0.877. The normalized spacial score (nSPS) is 9.90. The van der Waals surface area contributed by atoms with Gasteiger partial charge in [0.2, 0.25) is 0 Å². The second kappa shape index (κ2) is 6.56. The van der Waals surface area contributed by atoms with Gasteiger partial charge in [-0.2, -0.15) is 0 Å². The summed E-state index contributed by atoms with van der Waals surface area (Å²) in [5.74, 6) is 1.25. The molecular weight excluding hydrogens is 254 g/mol. The fraction of sp³-hybridized carbons (Fsp3) is 0.200. The molecule has 104 valence electrons. The largest absolute Gasteiger partial charge is 0.497 e. The van der Waals surface area contributed by atoms with Crippen LogP contribution in [0.3, 0.4) is 0 Å². The predicted octanol–water partition coefficient (Wildman–Crippen LogP) is 2.77. The van der Waals surface area contributed by atoms with E-state index in [0.717, 1.165) is 12.4 Å². The minimum Gasteiger partial charge on any atom is -0.497 e. The van der Waals surface area contributed by atoms with E-state index in [4.69, 9.17) is 4.74 Å². The van der Waals surface area contributed by atoms with Crippen molar-refractivity contribution in [3.05, 3.63) is 48.2 Å². The van der Waals surface area contributed by atoms with Crippen LogP contribution in [-0.2, 0) is 0 Å². The summed E-state index contributed by atoms with van der Waals surface area (Å²) in [7, 11) is 1.59. The van der Waals surface area contributed by atoms with Crippen LogP contribution < -0.4 is 15.4 Å². The summed E-state index contributed by atoms with van der Waals surface area (Å²) in [4.78, 5) is 16.2. The molecule has 0 fully saturated rings. The minimum atomic E-state index is -0.200. The molecule has 0 bridgehead atoms. The average Bonchev–Trinajstić information content (AvgIpc) is 2.48.